The fraction of sp³-hybridized carbons (Fsp3) is 0.667. The summed E-state index contributed by atoms with van der Waals surface area (Å²) in [6.07, 6.45) is 1.98. The molecule has 2 fully saturated rings. The maximum atomic E-state index is 11.7. The Balaban J connectivity index is 2.06. The molecule has 1 saturated heterocycles. The van der Waals surface area contributed by atoms with Crippen LogP contribution in [0.1, 0.15) is 26.7 Å². The van der Waals surface area contributed by atoms with Gasteiger partial charge < -0.3 is 14.9 Å². The van der Waals surface area contributed by atoms with E-state index in [0.29, 0.717) is 18.4 Å². The Bertz CT molecular complexity index is 477. The van der Waals surface area contributed by atoms with Gasteiger partial charge in [0.05, 0.1) is 11.7 Å². The zero-order valence-electron chi connectivity index (χ0n) is 11.3. The van der Waals surface area contributed by atoms with E-state index in [0.717, 1.165) is 5.57 Å². The summed E-state index contributed by atoms with van der Waals surface area (Å²) in [7, 11) is 0. The molecule has 104 valence electrons. The lowest BCUT2D eigenvalue weighted by Gasteiger charge is -2.37. The van der Waals surface area contributed by atoms with Gasteiger partial charge in [0.25, 0.3) is 0 Å². The van der Waals surface area contributed by atoms with E-state index in [4.69, 9.17) is 4.74 Å². The third-order valence-corrected chi connectivity index (χ3v) is 5.26. The largest absolute Gasteiger partial charge is 0.458 e. The number of hydrogen-bond acceptors (Lipinski definition) is 4. The minimum atomic E-state index is -1.16. The Labute approximate surface area is 112 Å². The molecule has 19 heavy (non-hydrogen) atoms. The first-order valence-electron chi connectivity index (χ1n) is 6.81. The van der Waals surface area contributed by atoms with E-state index in [1.807, 2.05) is 6.92 Å². The fourth-order valence-electron chi connectivity index (χ4n) is 3.96. The molecule has 2 aliphatic carbocycles. The molecular weight excluding hydrogens is 244 g/mol. The van der Waals surface area contributed by atoms with Crippen LogP contribution in [0.25, 0.3) is 0 Å². The Morgan fingerprint density at radius 1 is 1.53 bits per heavy atom. The molecule has 2 N–H and O–H groups in total. The molecule has 1 heterocycles. The van der Waals surface area contributed by atoms with Crippen molar-refractivity contribution in [3.8, 4) is 0 Å². The van der Waals surface area contributed by atoms with Crippen LogP contribution in [-0.2, 0) is 9.53 Å². The number of hydrogen-bond donors (Lipinski definition) is 2. The third-order valence-electron chi connectivity index (χ3n) is 5.26. The number of esters is 1. The van der Waals surface area contributed by atoms with Crippen molar-refractivity contribution < 1.29 is 19.7 Å². The Kier molecular flexibility index (Phi) is 2.67. The molecule has 0 aromatic heterocycles. The van der Waals surface area contributed by atoms with Crippen LogP contribution in [-0.4, -0.2) is 34.0 Å². The monoisotopic (exact) mass is 264 g/mol. The molecular formula is C15H20O4. The molecule has 0 spiro atoms. The van der Waals surface area contributed by atoms with E-state index < -0.39 is 11.7 Å². The van der Waals surface area contributed by atoms with E-state index >= 15 is 0 Å². The first kappa shape index (κ1) is 12.9. The summed E-state index contributed by atoms with van der Waals surface area (Å²) in [5.74, 6) is -0.663. The van der Waals surface area contributed by atoms with Crippen LogP contribution in [0, 0.1) is 17.8 Å². The number of aliphatic hydroxyl groups is 2. The lowest BCUT2D eigenvalue weighted by Crippen LogP contribution is -2.47. The minimum Gasteiger partial charge on any atom is -0.458 e. The molecule has 6 unspecified atom stereocenters. The van der Waals surface area contributed by atoms with Gasteiger partial charge in [0.2, 0.25) is 0 Å². The van der Waals surface area contributed by atoms with E-state index in [2.05, 4.69) is 12.7 Å². The molecule has 0 amide bonds. The molecule has 3 rings (SSSR count). The smallest absolute Gasteiger partial charge is 0.334 e. The van der Waals surface area contributed by atoms with E-state index in [-0.39, 0.29) is 29.8 Å². The van der Waals surface area contributed by atoms with Gasteiger partial charge in [-0.05, 0) is 26.7 Å². The van der Waals surface area contributed by atoms with Crippen LogP contribution in [0.5, 0.6) is 0 Å². The normalized spacial score (nSPS) is 49.3. The number of ether oxygens (including phenoxy) is 1. The summed E-state index contributed by atoms with van der Waals surface area (Å²) in [4.78, 5) is 11.7. The van der Waals surface area contributed by atoms with Gasteiger partial charge in [0.15, 0.2) is 0 Å². The van der Waals surface area contributed by atoms with Gasteiger partial charge in [0, 0.05) is 23.3 Å². The summed E-state index contributed by atoms with van der Waals surface area (Å²) in [5, 5.41) is 21.0. The highest BCUT2D eigenvalue weighted by molar-refractivity contribution is 5.91. The van der Waals surface area contributed by atoms with Crippen LogP contribution in [0.3, 0.4) is 0 Å². The first-order chi connectivity index (χ1) is 8.84. The van der Waals surface area contributed by atoms with Crippen molar-refractivity contribution in [2.75, 3.05) is 0 Å². The Hall–Kier alpha value is -1.13. The quantitative estimate of drug-likeness (QED) is 0.392. The summed E-state index contributed by atoms with van der Waals surface area (Å²) in [6.45, 7) is 7.49. The minimum absolute atomic E-state index is 0.0136. The number of aliphatic hydroxyl groups excluding tert-OH is 1. The highest BCUT2D eigenvalue weighted by Gasteiger charge is 2.57. The van der Waals surface area contributed by atoms with Crippen molar-refractivity contribution in [2.24, 2.45) is 17.8 Å². The molecule has 3 aliphatic rings. The van der Waals surface area contributed by atoms with Gasteiger partial charge in [0.1, 0.15) is 6.10 Å². The van der Waals surface area contributed by atoms with Crippen LogP contribution in [0.15, 0.2) is 23.8 Å². The Morgan fingerprint density at radius 2 is 2.21 bits per heavy atom. The zero-order valence-corrected chi connectivity index (χ0v) is 11.3. The molecule has 0 bridgehead atoms. The number of carbonyl (C=O) groups is 1. The highest BCUT2D eigenvalue weighted by Crippen LogP contribution is 2.51. The number of rotatable bonds is 0. The summed E-state index contributed by atoms with van der Waals surface area (Å²) >= 11 is 0. The van der Waals surface area contributed by atoms with Gasteiger partial charge in [-0.3, -0.25) is 0 Å². The fourth-order valence-corrected chi connectivity index (χ4v) is 3.96. The van der Waals surface area contributed by atoms with Crippen LogP contribution in [0.4, 0.5) is 0 Å². The maximum Gasteiger partial charge on any atom is 0.334 e. The van der Waals surface area contributed by atoms with Crippen LogP contribution < -0.4 is 0 Å². The second-order valence-corrected chi connectivity index (χ2v) is 6.30. The standard InChI is InChI=1S/C15H20O4/c1-7-4-5-10-12(7)13-9(8(2)14(17)19-13)6-11(16)15(10,3)18/h4,9-13,16,18H,2,5-6H2,1,3H3. The molecule has 1 aliphatic heterocycles. The second-order valence-electron chi connectivity index (χ2n) is 6.30. The average Bonchev–Trinajstić information content (AvgIpc) is 2.82. The van der Waals surface area contributed by atoms with Gasteiger partial charge in [-0.1, -0.05) is 18.2 Å². The topological polar surface area (TPSA) is 66.8 Å². The molecule has 1 saturated carbocycles. The van der Waals surface area contributed by atoms with Crippen molar-refractivity contribution in [3.05, 3.63) is 23.8 Å². The van der Waals surface area contributed by atoms with Crippen molar-refractivity contribution in [2.45, 2.75) is 44.5 Å². The lowest BCUT2D eigenvalue weighted by atomic mass is 9.76. The molecule has 4 nitrogen and oxygen atoms in total. The molecule has 0 aromatic carbocycles. The molecule has 6 atom stereocenters. The maximum absolute atomic E-state index is 11.7. The van der Waals surface area contributed by atoms with Gasteiger partial charge in [-0.2, -0.15) is 0 Å². The van der Waals surface area contributed by atoms with E-state index in [9.17, 15) is 15.0 Å². The highest BCUT2D eigenvalue weighted by atomic mass is 16.6. The van der Waals surface area contributed by atoms with Crippen molar-refractivity contribution in [3.63, 3.8) is 0 Å². The number of fused-ring (bicyclic) bond motifs is 3. The first-order valence-corrected chi connectivity index (χ1v) is 6.81. The van der Waals surface area contributed by atoms with Crippen molar-refractivity contribution >= 4 is 5.97 Å². The molecule has 0 aromatic rings. The number of allylic oxidation sites excluding steroid dienone is 1. The SMILES string of the molecule is C=C1C(=O)OC2C1CC(O)C(C)(O)C1CC=C(C)C21. The van der Waals surface area contributed by atoms with E-state index in [1.54, 1.807) is 6.92 Å². The Morgan fingerprint density at radius 3 is 2.89 bits per heavy atom. The third kappa shape index (κ3) is 1.63. The van der Waals surface area contributed by atoms with Crippen LogP contribution >= 0.6 is 0 Å². The predicted molar refractivity (Wildman–Crippen MR) is 69.1 cm³/mol. The molecule has 0 radical (unpaired) electrons. The summed E-state index contributed by atoms with van der Waals surface area (Å²) in [6, 6.07) is 0. The van der Waals surface area contributed by atoms with Gasteiger partial charge >= 0.3 is 5.97 Å². The summed E-state index contributed by atoms with van der Waals surface area (Å²) in [5.41, 5.74) is 0.410. The summed E-state index contributed by atoms with van der Waals surface area (Å²) < 4.78 is 5.48. The van der Waals surface area contributed by atoms with Crippen molar-refractivity contribution in [1.82, 2.24) is 0 Å². The van der Waals surface area contributed by atoms with Crippen molar-refractivity contribution in [1.29, 1.82) is 0 Å². The zero-order chi connectivity index (χ0) is 13.9. The van der Waals surface area contributed by atoms with Gasteiger partial charge in [-0.15, -0.1) is 0 Å². The molecule has 4 heteroatoms. The van der Waals surface area contributed by atoms with Gasteiger partial charge in [-0.25, -0.2) is 4.79 Å². The number of carbonyl (C=O) groups excluding carboxylic acids is 1. The average molecular weight is 264 g/mol. The van der Waals surface area contributed by atoms with Crippen LogP contribution in [0.2, 0.25) is 0 Å². The predicted octanol–water partition coefficient (Wildman–Crippen LogP) is 1.18. The second kappa shape index (κ2) is 3.93. The van der Waals surface area contributed by atoms with E-state index in [1.165, 1.54) is 0 Å². The lowest BCUT2D eigenvalue weighted by molar-refractivity contribution is -0.143.